The fourth-order valence-electron chi connectivity index (χ4n) is 3.63. The second-order valence-corrected chi connectivity index (χ2v) is 7.96. The molecule has 4 rings (SSSR count). The monoisotopic (exact) mass is 440 g/mol. The Hall–Kier alpha value is -2.60. The summed E-state index contributed by atoms with van der Waals surface area (Å²) in [7, 11) is 0. The first kappa shape index (κ1) is 18.7. The highest BCUT2D eigenvalue weighted by Crippen LogP contribution is 2.29. The number of anilines is 1. The molecule has 0 aliphatic carbocycles. The van der Waals surface area contributed by atoms with Crippen LogP contribution in [0.15, 0.2) is 51.4 Å². The summed E-state index contributed by atoms with van der Waals surface area (Å²) in [5.41, 5.74) is 2.44. The predicted octanol–water partition coefficient (Wildman–Crippen LogP) is 5.38. The van der Waals surface area contributed by atoms with Crippen LogP contribution >= 0.6 is 15.9 Å². The molecule has 6 heteroatoms. The summed E-state index contributed by atoms with van der Waals surface area (Å²) < 4.78 is 6.70. The fourth-order valence-corrected chi connectivity index (χ4v) is 4.00. The lowest BCUT2D eigenvalue weighted by molar-refractivity contribution is 0.0725. The van der Waals surface area contributed by atoms with Gasteiger partial charge >= 0.3 is 0 Å². The minimum Gasteiger partial charge on any atom is -0.451 e. The van der Waals surface area contributed by atoms with E-state index < -0.39 is 0 Å². The molecule has 2 heterocycles. The van der Waals surface area contributed by atoms with E-state index in [1.165, 1.54) is 0 Å². The maximum Gasteiger partial charge on any atom is 0.291 e. The molecule has 28 heavy (non-hydrogen) atoms. The number of likely N-dealkylation sites (tertiary alicyclic amines) is 1. The zero-order chi connectivity index (χ0) is 19.7. The van der Waals surface area contributed by atoms with Crippen LogP contribution in [0.1, 0.15) is 45.7 Å². The van der Waals surface area contributed by atoms with E-state index in [0.717, 1.165) is 47.8 Å². The van der Waals surface area contributed by atoms with Gasteiger partial charge in [0.1, 0.15) is 5.58 Å². The SMILES string of the molecule is Cc1c(C(=O)Nc2ccccc2C(=O)N2CCCCC2)oc2ccc(Br)cc12. The van der Waals surface area contributed by atoms with Gasteiger partial charge in [-0.3, -0.25) is 9.59 Å². The smallest absolute Gasteiger partial charge is 0.291 e. The number of benzene rings is 2. The van der Waals surface area contributed by atoms with Crippen molar-refractivity contribution in [2.24, 2.45) is 0 Å². The number of nitrogens with zero attached hydrogens (tertiary/aromatic N) is 1. The van der Waals surface area contributed by atoms with Gasteiger partial charge in [-0.05, 0) is 56.5 Å². The number of para-hydroxylation sites is 1. The quantitative estimate of drug-likeness (QED) is 0.594. The zero-order valence-electron chi connectivity index (χ0n) is 15.6. The molecule has 1 aliphatic rings. The van der Waals surface area contributed by atoms with E-state index in [9.17, 15) is 9.59 Å². The summed E-state index contributed by atoms with van der Waals surface area (Å²) >= 11 is 3.45. The predicted molar refractivity (Wildman–Crippen MR) is 113 cm³/mol. The third-order valence-electron chi connectivity index (χ3n) is 5.15. The number of aryl methyl sites for hydroxylation is 1. The van der Waals surface area contributed by atoms with E-state index in [0.29, 0.717) is 16.8 Å². The minimum atomic E-state index is -0.358. The number of carbonyl (C=O) groups is 2. The van der Waals surface area contributed by atoms with Crippen molar-refractivity contribution < 1.29 is 14.0 Å². The van der Waals surface area contributed by atoms with E-state index in [1.807, 2.05) is 42.2 Å². The molecule has 0 spiro atoms. The van der Waals surface area contributed by atoms with E-state index in [-0.39, 0.29) is 17.6 Å². The van der Waals surface area contributed by atoms with Crippen molar-refractivity contribution in [2.75, 3.05) is 18.4 Å². The second-order valence-electron chi connectivity index (χ2n) is 7.05. The highest BCUT2D eigenvalue weighted by Gasteiger charge is 2.23. The van der Waals surface area contributed by atoms with Crippen LogP contribution < -0.4 is 5.32 Å². The van der Waals surface area contributed by atoms with Gasteiger partial charge < -0.3 is 14.6 Å². The van der Waals surface area contributed by atoms with Crippen LogP contribution in [0, 0.1) is 6.92 Å². The van der Waals surface area contributed by atoms with Crippen molar-refractivity contribution in [2.45, 2.75) is 26.2 Å². The van der Waals surface area contributed by atoms with Crippen molar-refractivity contribution in [3.05, 3.63) is 63.8 Å². The van der Waals surface area contributed by atoms with Gasteiger partial charge in [-0.25, -0.2) is 0 Å². The Labute approximate surface area is 171 Å². The van der Waals surface area contributed by atoms with Crippen LogP contribution in [0.3, 0.4) is 0 Å². The average molecular weight is 441 g/mol. The van der Waals surface area contributed by atoms with Gasteiger partial charge in [0.15, 0.2) is 5.76 Å². The topological polar surface area (TPSA) is 62.6 Å². The minimum absolute atomic E-state index is 0.0409. The first-order valence-electron chi connectivity index (χ1n) is 9.43. The molecule has 2 amide bonds. The van der Waals surface area contributed by atoms with Crippen LogP contribution in [-0.4, -0.2) is 29.8 Å². The van der Waals surface area contributed by atoms with E-state index in [4.69, 9.17) is 4.42 Å². The Kier molecular flexibility index (Phi) is 5.22. The van der Waals surface area contributed by atoms with E-state index >= 15 is 0 Å². The van der Waals surface area contributed by atoms with Crippen LogP contribution in [0.5, 0.6) is 0 Å². The highest BCUT2D eigenvalue weighted by molar-refractivity contribution is 9.10. The molecular weight excluding hydrogens is 420 g/mol. The molecule has 0 unspecified atom stereocenters. The molecule has 0 radical (unpaired) electrons. The second kappa shape index (κ2) is 7.80. The van der Waals surface area contributed by atoms with Crippen molar-refractivity contribution >= 4 is 44.4 Å². The number of hydrogen-bond donors (Lipinski definition) is 1. The molecular formula is C22H21BrN2O3. The summed E-state index contributed by atoms with van der Waals surface area (Å²) in [6.07, 6.45) is 3.20. The molecule has 144 valence electrons. The number of fused-ring (bicyclic) bond motifs is 1. The molecule has 1 N–H and O–H groups in total. The third-order valence-corrected chi connectivity index (χ3v) is 5.65. The summed E-state index contributed by atoms with van der Waals surface area (Å²) in [6, 6.07) is 12.8. The maximum absolute atomic E-state index is 12.9. The molecule has 3 aromatic rings. The highest BCUT2D eigenvalue weighted by atomic mass is 79.9. The lowest BCUT2D eigenvalue weighted by atomic mass is 10.1. The van der Waals surface area contributed by atoms with Crippen molar-refractivity contribution in [1.29, 1.82) is 0 Å². The number of piperidine rings is 1. The molecule has 0 atom stereocenters. The maximum atomic E-state index is 12.9. The first-order chi connectivity index (χ1) is 13.5. The Balaban J connectivity index is 1.62. The number of hydrogen-bond acceptors (Lipinski definition) is 3. The number of carbonyl (C=O) groups excluding carboxylic acids is 2. The van der Waals surface area contributed by atoms with Crippen LogP contribution in [0.2, 0.25) is 0 Å². The molecule has 5 nitrogen and oxygen atoms in total. The summed E-state index contributed by atoms with van der Waals surface area (Å²) in [5.74, 6) is -0.141. The largest absolute Gasteiger partial charge is 0.451 e. The summed E-state index contributed by atoms with van der Waals surface area (Å²) in [5, 5.41) is 3.76. The molecule has 1 aromatic heterocycles. The zero-order valence-corrected chi connectivity index (χ0v) is 17.2. The van der Waals surface area contributed by atoms with Gasteiger partial charge in [0, 0.05) is 28.5 Å². The number of halogens is 1. The Bertz CT molecular complexity index is 1050. The Morgan fingerprint density at radius 3 is 2.61 bits per heavy atom. The number of rotatable bonds is 3. The molecule has 2 aromatic carbocycles. The van der Waals surface area contributed by atoms with E-state index in [2.05, 4.69) is 21.2 Å². The number of furan rings is 1. The lowest BCUT2D eigenvalue weighted by Crippen LogP contribution is -2.36. The van der Waals surface area contributed by atoms with Crippen LogP contribution in [0.4, 0.5) is 5.69 Å². The van der Waals surface area contributed by atoms with Gasteiger partial charge in [0.05, 0.1) is 11.3 Å². The van der Waals surface area contributed by atoms with Gasteiger partial charge in [-0.15, -0.1) is 0 Å². The summed E-state index contributed by atoms with van der Waals surface area (Å²) in [6.45, 7) is 3.38. The van der Waals surface area contributed by atoms with Crippen LogP contribution in [0.25, 0.3) is 11.0 Å². The van der Waals surface area contributed by atoms with Gasteiger partial charge in [0.25, 0.3) is 11.8 Å². The number of nitrogens with one attached hydrogen (secondary N) is 1. The van der Waals surface area contributed by atoms with Gasteiger partial charge in [-0.1, -0.05) is 28.1 Å². The molecule has 1 fully saturated rings. The van der Waals surface area contributed by atoms with Gasteiger partial charge in [-0.2, -0.15) is 0 Å². The third kappa shape index (κ3) is 3.56. The summed E-state index contributed by atoms with van der Waals surface area (Å²) in [4.78, 5) is 27.7. The Morgan fingerprint density at radius 1 is 1.07 bits per heavy atom. The van der Waals surface area contributed by atoms with Crippen molar-refractivity contribution in [3.8, 4) is 0 Å². The van der Waals surface area contributed by atoms with Crippen molar-refractivity contribution in [3.63, 3.8) is 0 Å². The van der Waals surface area contributed by atoms with Gasteiger partial charge in [0.2, 0.25) is 0 Å². The molecule has 0 bridgehead atoms. The standard InChI is InChI=1S/C22H21BrN2O3/c1-14-17-13-15(23)9-10-19(17)28-20(14)21(26)24-18-8-4-3-7-16(18)22(27)25-11-5-2-6-12-25/h3-4,7-10,13H,2,5-6,11-12H2,1H3,(H,24,26). The van der Waals surface area contributed by atoms with E-state index in [1.54, 1.807) is 12.1 Å². The lowest BCUT2D eigenvalue weighted by Gasteiger charge is -2.27. The average Bonchev–Trinajstić information content (AvgIpc) is 3.05. The number of amides is 2. The molecule has 1 saturated heterocycles. The van der Waals surface area contributed by atoms with Crippen LogP contribution in [-0.2, 0) is 0 Å². The fraction of sp³-hybridized carbons (Fsp3) is 0.273. The first-order valence-corrected chi connectivity index (χ1v) is 10.2. The normalized spacial score (nSPS) is 14.3. The molecule has 1 aliphatic heterocycles. The molecule has 0 saturated carbocycles. The Morgan fingerprint density at radius 2 is 1.82 bits per heavy atom. The van der Waals surface area contributed by atoms with Crippen molar-refractivity contribution in [1.82, 2.24) is 4.90 Å².